The van der Waals surface area contributed by atoms with E-state index in [1.807, 2.05) is 6.92 Å². The Labute approximate surface area is 133 Å². The smallest absolute Gasteiger partial charge is 0.241 e. The largest absolute Gasteiger partial charge is 0.364 e. The third-order valence-electron chi connectivity index (χ3n) is 3.12. The molecule has 0 amide bonds. The predicted molar refractivity (Wildman–Crippen MR) is 83.9 cm³/mol. The first-order valence-electron chi connectivity index (χ1n) is 6.44. The van der Waals surface area contributed by atoms with Crippen LogP contribution in [-0.2, 0) is 10.0 Å². The number of sulfonamides is 1. The molecule has 0 saturated heterocycles. The summed E-state index contributed by atoms with van der Waals surface area (Å²) in [4.78, 5) is 4.14. The molecule has 0 aliphatic carbocycles. The fraction of sp³-hybridized carbons (Fsp3) is 0.214. The summed E-state index contributed by atoms with van der Waals surface area (Å²) in [5, 5.41) is 3.14. The number of aromatic nitrogens is 1. The van der Waals surface area contributed by atoms with Crippen LogP contribution in [0.4, 0.5) is 10.2 Å². The molecule has 0 aliphatic rings. The highest BCUT2D eigenvalue weighted by atomic mass is 35.5. The van der Waals surface area contributed by atoms with Crippen LogP contribution in [0.1, 0.15) is 18.5 Å². The standard InChI is InChI=1S/C14H15ClFN3O2S/c1-9(10-3-5-13(16)12(15)7-10)19-14-6-4-11(8-18-14)22(20,21)17-2/h3-9,17H,1-2H3,(H,18,19). The van der Waals surface area contributed by atoms with Gasteiger partial charge in [0, 0.05) is 12.2 Å². The van der Waals surface area contributed by atoms with Crippen molar-refractivity contribution in [2.75, 3.05) is 12.4 Å². The number of anilines is 1. The van der Waals surface area contributed by atoms with Crippen molar-refractivity contribution in [2.24, 2.45) is 0 Å². The van der Waals surface area contributed by atoms with E-state index < -0.39 is 15.8 Å². The fourth-order valence-corrected chi connectivity index (χ4v) is 2.69. The summed E-state index contributed by atoms with van der Waals surface area (Å²) in [5.74, 6) is 0.0281. The number of pyridine rings is 1. The molecule has 0 spiro atoms. The maximum atomic E-state index is 13.2. The zero-order chi connectivity index (χ0) is 16.3. The summed E-state index contributed by atoms with van der Waals surface area (Å²) in [5.41, 5.74) is 0.792. The molecule has 0 radical (unpaired) electrons. The van der Waals surface area contributed by atoms with Crippen LogP contribution >= 0.6 is 11.6 Å². The van der Waals surface area contributed by atoms with Crippen LogP contribution in [0.3, 0.4) is 0 Å². The molecule has 0 bridgehead atoms. The van der Waals surface area contributed by atoms with Gasteiger partial charge in [0.15, 0.2) is 0 Å². The second-order valence-electron chi connectivity index (χ2n) is 4.63. The molecule has 2 rings (SSSR count). The van der Waals surface area contributed by atoms with E-state index in [-0.39, 0.29) is 16.0 Å². The number of rotatable bonds is 5. The zero-order valence-corrected chi connectivity index (χ0v) is 13.5. The molecule has 22 heavy (non-hydrogen) atoms. The molecule has 118 valence electrons. The Morgan fingerprint density at radius 3 is 2.55 bits per heavy atom. The molecule has 2 aromatic rings. The minimum atomic E-state index is -3.51. The Morgan fingerprint density at radius 2 is 2.00 bits per heavy atom. The topological polar surface area (TPSA) is 71.1 Å². The molecule has 0 fully saturated rings. The minimum Gasteiger partial charge on any atom is -0.364 e. The van der Waals surface area contributed by atoms with Crippen molar-refractivity contribution in [1.82, 2.24) is 9.71 Å². The average Bonchev–Trinajstić information content (AvgIpc) is 2.50. The van der Waals surface area contributed by atoms with Crippen molar-refractivity contribution in [1.29, 1.82) is 0 Å². The van der Waals surface area contributed by atoms with Gasteiger partial charge in [-0.3, -0.25) is 0 Å². The molecule has 1 unspecified atom stereocenters. The quantitative estimate of drug-likeness (QED) is 0.875. The lowest BCUT2D eigenvalue weighted by Gasteiger charge is -2.15. The fourth-order valence-electron chi connectivity index (χ4n) is 1.83. The Bertz CT molecular complexity index is 766. The van der Waals surface area contributed by atoms with E-state index in [1.54, 1.807) is 12.1 Å². The molecular formula is C14H15ClFN3O2S. The van der Waals surface area contributed by atoms with E-state index in [4.69, 9.17) is 11.6 Å². The van der Waals surface area contributed by atoms with Gasteiger partial charge in [0.25, 0.3) is 0 Å². The number of hydrogen-bond donors (Lipinski definition) is 2. The van der Waals surface area contributed by atoms with Gasteiger partial charge >= 0.3 is 0 Å². The van der Waals surface area contributed by atoms with Gasteiger partial charge in [-0.25, -0.2) is 22.5 Å². The van der Waals surface area contributed by atoms with Crippen molar-refractivity contribution >= 4 is 27.4 Å². The molecule has 1 aromatic heterocycles. The highest BCUT2D eigenvalue weighted by molar-refractivity contribution is 7.89. The van der Waals surface area contributed by atoms with Crippen molar-refractivity contribution in [3.63, 3.8) is 0 Å². The van der Waals surface area contributed by atoms with E-state index in [0.29, 0.717) is 5.82 Å². The maximum absolute atomic E-state index is 13.2. The lowest BCUT2D eigenvalue weighted by molar-refractivity contribution is 0.588. The molecule has 0 aliphatic heterocycles. The number of nitrogens with one attached hydrogen (secondary N) is 2. The summed E-state index contributed by atoms with van der Waals surface area (Å²) in [6.07, 6.45) is 1.26. The van der Waals surface area contributed by atoms with Gasteiger partial charge in [0.05, 0.1) is 5.02 Å². The highest BCUT2D eigenvalue weighted by Crippen LogP contribution is 2.23. The van der Waals surface area contributed by atoms with Crippen molar-refractivity contribution in [3.8, 4) is 0 Å². The Morgan fingerprint density at radius 1 is 1.27 bits per heavy atom. The molecule has 1 aromatic carbocycles. The van der Waals surface area contributed by atoms with Crippen molar-refractivity contribution in [3.05, 3.63) is 52.9 Å². The number of nitrogens with zero attached hydrogens (tertiary/aromatic N) is 1. The van der Waals surface area contributed by atoms with Crippen LogP contribution in [-0.4, -0.2) is 20.4 Å². The first-order chi connectivity index (χ1) is 10.3. The van der Waals surface area contributed by atoms with E-state index in [0.717, 1.165) is 5.56 Å². The molecular weight excluding hydrogens is 329 g/mol. The van der Waals surface area contributed by atoms with Gasteiger partial charge in [-0.05, 0) is 43.8 Å². The van der Waals surface area contributed by atoms with E-state index in [9.17, 15) is 12.8 Å². The molecule has 1 heterocycles. The lowest BCUT2D eigenvalue weighted by Crippen LogP contribution is -2.18. The van der Waals surface area contributed by atoms with E-state index in [2.05, 4.69) is 15.0 Å². The lowest BCUT2D eigenvalue weighted by atomic mass is 10.1. The number of halogens is 2. The summed E-state index contributed by atoms with van der Waals surface area (Å²) >= 11 is 5.76. The van der Waals surface area contributed by atoms with Crippen LogP contribution in [0.25, 0.3) is 0 Å². The van der Waals surface area contributed by atoms with Crippen LogP contribution < -0.4 is 10.0 Å². The van der Waals surface area contributed by atoms with Crippen LogP contribution in [0.2, 0.25) is 5.02 Å². The maximum Gasteiger partial charge on any atom is 0.241 e. The second-order valence-corrected chi connectivity index (χ2v) is 6.92. The normalized spacial score (nSPS) is 12.9. The monoisotopic (exact) mass is 343 g/mol. The minimum absolute atomic E-state index is 0.0505. The van der Waals surface area contributed by atoms with Crippen LogP contribution in [0.15, 0.2) is 41.4 Å². The average molecular weight is 344 g/mol. The number of benzene rings is 1. The van der Waals surface area contributed by atoms with Crippen molar-refractivity contribution < 1.29 is 12.8 Å². The first kappa shape index (κ1) is 16.7. The van der Waals surface area contributed by atoms with E-state index in [1.165, 1.54) is 31.4 Å². The van der Waals surface area contributed by atoms with Gasteiger partial charge in [0.2, 0.25) is 10.0 Å². The Balaban J connectivity index is 2.15. The summed E-state index contributed by atoms with van der Waals surface area (Å²) in [7, 11) is -2.17. The Kier molecular flexibility index (Phi) is 5.00. The Hall–Kier alpha value is -1.70. The van der Waals surface area contributed by atoms with Gasteiger partial charge in [-0.15, -0.1) is 0 Å². The molecule has 1 atom stereocenters. The van der Waals surface area contributed by atoms with Crippen molar-refractivity contribution in [2.45, 2.75) is 17.9 Å². The third-order valence-corrected chi connectivity index (χ3v) is 4.81. The van der Waals surface area contributed by atoms with Gasteiger partial charge in [0.1, 0.15) is 16.5 Å². The molecule has 2 N–H and O–H groups in total. The van der Waals surface area contributed by atoms with Crippen LogP contribution in [0.5, 0.6) is 0 Å². The van der Waals surface area contributed by atoms with Gasteiger partial charge in [-0.2, -0.15) is 0 Å². The summed E-state index contributed by atoms with van der Waals surface area (Å²) < 4.78 is 38.6. The number of hydrogen-bond acceptors (Lipinski definition) is 4. The molecule has 5 nitrogen and oxygen atoms in total. The van der Waals surface area contributed by atoms with Gasteiger partial charge < -0.3 is 5.32 Å². The zero-order valence-electron chi connectivity index (χ0n) is 12.0. The molecule has 8 heteroatoms. The first-order valence-corrected chi connectivity index (χ1v) is 8.30. The third kappa shape index (κ3) is 3.73. The predicted octanol–water partition coefficient (Wildman–Crippen LogP) is 2.96. The summed E-state index contributed by atoms with van der Waals surface area (Å²) in [6, 6.07) is 7.30. The van der Waals surface area contributed by atoms with Gasteiger partial charge in [-0.1, -0.05) is 17.7 Å². The van der Waals surface area contributed by atoms with E-state index >= 15 is 0 Å². The molecule has 0 saturated carbocycles. The summed E-state index contributed by atoms with van der Waals surface area (Å²) in [6.45, 7) is 1.86. The second kappa shape index (κ2) is 6.60. The highest BCUT2D eigenvalue weighted by Gasteiger charge is 2.13. The SMILES string of the molecule is CNS(=O)(=O)c1ccc(NC(C)c2ccc(F)c(Cl)c2)nc1. The van der Waals surface area contributed by atoms with Crippen LogP contribution in [0, 0.1) is 5.82 Å².